The molecule has 1 aliphatic rings. The molecule has 0 saturated carbocycles. The van der Waals surface area contributed by atoms with Crippen molar-refractivity contribution in [2.24, 2.45) is 0 Å². The van der Waals surface area contributed by atoms with Crippen molar-refractivity contribution in [1.29, 1.82) is 0 Å². The lowest BCUT2D eigenvalue weighted by Gasteiger charge is -2.26. The highest BCUT2D eigenvalue weighted by Gasteiger charge is 2.27. The summed E-state index contributed by atoms with van der Waals surface area (Å²) in [6.45, 7) is 1.37. The highest BCUT2D eigenvalue weighted by Crippen LogP contribution is 2.27. The molecule has 2 aromatic carbocycles. The van der Waals surface area contributed by atoms with E-state index in [4.69, 9.17) is 32.7 Å². The minimum absolute atomic E-state index is 0.127. The van der Waals surface area contributed by atoms with Crippen LogP contribution in [0.25, 0.3) is 0 Å². The standard InChI is InChI=1S/C20H22Cl2N2O5S/c1-28-19-4-3-18(30(26,27)24-6-8-29-9-7-24)10-14(19)2-5-20(25)23-17-12-15(21)11-16(22)13-17/h3-4,10-13H,2,5-9H2,1H3,(H,23,25). The van der Waals surface area contributed by atoms with Crippen molar-refractivity contribution in [2.75, 3.05) is 38.7 Å². The molecule has 0 aromatic heterocycles. The van der Waals surface area contributed by atoms with Crippen LogP contribution < -0.4 is 10.1 Å². The van der Waals surface area contributed by atoms with Gasteiger partial charge in [0, 0.05) is 35.2 Å². The number of morpholine rings is 1. The van der Waals surface area contributed by atoms with Crippen LogP contribution in [0.4, 0.5) is 5.69 Å². The molecule has 7 nitrogen and oxygen atoms in total. The zero-order chi connectivity index (χ0) is 21.7. The number of carbonyl (C=O) groups is 1. The van der Waals surface area contributed by atoms with E-state index in [1.165, 1.54) is 17.5 Å². The van der Waals surface area contributed by atoms with Crippen molar-refractivity contribution < 1.29 is 22.7 Å². The molecule has 0 atom stereocenters. The first-order valence-corrected chi connectivity index (χ1v) is 11.5. The van der Waals surface area contributed by atoms with E-state index in [0.29, 0.717) is 59.8 Å². The predicted octanol–water partition coefficient (Wildman–Crippen LogP) is 3.59. The van der Waals surface area contributed by atoms with Gasteiger partial charge in [0.05, 0.1) is 25.2 Å². The average Bonchev–Trinajstić information content (AvgIpc) is 2.72. The van der Waals surface area contributed by atoms with Crippen LogP contribution in [-0.4, -0.2) is 52.0 Å². The molecule has 1 heterocycles. The Hall–Kier alpha value is -1.84. The minimum atomic E-state index is -3.64. The van der Waals surface area contributed by atoms with E-state index in [-0.39, 0.29) is 17.2 Å². The van der Waals surface area contributed by atoms with E-state index < -0.39 is 10.0 Å². The average molecular weight is 473 g/mol. The number of hydrogen-bond donors (Lipinski definition) is 1. The monoisotopic (exact) mass is 472 g/mol. The Morgan fingerprint density at radius 1 is 1.13 bits per heavy atom. The summed E-state index contributed by atoms with van der Waals surface area (Å²) in [6.07, 6.45) is 0.428. The van der Waals surface area contributed by atoms with Crippen molar-refractivity contribution in [3.05, 3.63) is 52.0 Å². The molecule has 30 heavy (non-hydrogen) atoms. The second-order valence-corrected chi connectivity index (χ2v) is 9.51. The zero-order valence-electron chi connectivity index (χ0n) is 16.4. The Kier molecular flexibility index (Phi) is 7.60. The molecule has 1 amide bonds. The third kappa shape index (κ3) is 5.65. The Balaban J connectivity index is 1.73. The molecule has 0 bridgehead atoms. The first-order valence-electron chi connectivity index (χ1n) is 9.30. The van der Waals surface area contributed by atoms with Crippen molar-refractivity contribution in [3.63, 3.8) is 0 Å². The van der Waals surface area contributed by atoms with Gasteiger partial charge in [-0.3, -0.25) is 4.79 Å². The van der Waals surface area contributed by atoms with Gasteiger partial charge < -0.3 is 14.8 Å². The number of hydrogen-bond acceptors (Lipinski definition) is 5. The molecule has 3 rings (SSSR count). The number of amides is 1. The highest BCUT2D eigenvalue weighted by atomic mass is 35.5. The fourth-order valence-electron chi connectivity index (χ4n) is 3.14. The Labute approximate surface area is 185 Å². The Bertz CT molecular complexity index is 1000. The Morgan fingerprint density at radius 2 is 1.80 bits per heavy atom. The van der Waals surface area contributed by atoms with Gasteiger partial charge in [0.25, 0.3) is 0 Å². The highest BCUT2D eigenvalue weighted by molar-refractivity contribution is 7.89. The van der Waals surface area contributed by atoms with Gasteiger partial charge in [0.15, 0.2) is 0 Å². The molecule has 10 heteroatoms. The summed E-state index contributed by atoms with van der Waals surface area (Å²) in [6, 6.07) is 9.46. The van der Waals surface area contributed by atoms with Gasteiger partial charge in [-0.25, -0.2) is 8.42 Å². The third-order valence-corrected chi connectivity index (χ3v) is 6.96. The van der Waals surface area contributed by atoms with E-state index in [9.17, 15) is 13.2 Å². The molecule has 0 unspecified atom stereocenters. The van der Waals surface area contributed by atoms with Gasteiger partial charge in [0.2, 0.25) is 15.9 Å². The number of ether oxygens (including phenoxy) is 2. The quantitative estimate of drug-likeness (QED) is 0.665. The van der Waals surface area contributed by atoms with E-state index in [1.807, 2.05) is 0 Å². The van der Waals surface area contributed by atoms with Crippen LogP contribution in [0.15, 0.2) is 41.3 Å². The van der Waals surface area contributed by atoms with Gasteiger partial charge in [-0.2, -0.15) is 4.31 Å². The molecule has 0 spiro atoms. The molecular weight excluding hydrogens is 451 g/mol. The smallest absolute Gasteiger partial charge is 0.243 e. The topological polar surface area (TPSA) is 84.9 Å². The maximum Gasteiger partial charge on any atom is 0.243 e. The summed E-state index contributed by atoms with van der Waals surface area (Å²) < 4.78 is 37.8. The number of sulfonamides is 1. The van der Waals surface area contributed by atoms with Crippen molar-refractivity contribution in [1.82, 2.24) is 4.31 Å². The van der Waals surface area contributed by atoms with Crippen molar-refractivity contribution in [2.45, 2.75) is 17.7 Å². The largest absolute Gasteiger partial charge is 0.496 e. The number of nitrogens with one attached hydrogen (secondary N) is 1. The fourth-order valence-corrected chi connectivity index (χ4v) is 5.13. The summed E-state index contributed by atoms with van der Waals surface area (Å²) in [4.78, 5) is 12.5. The third-order valence-electron chi connectivity index (χ3n) is 4.63. The number of carbonyl (C=O) groups excluding carboxylic acids is 1. The van der Waals surface area contributed by atoms with Crippen molar-refractivity contribution in [3.8, 4) is 5.75 Å². The molecule has 1 saturated heterocycles. The summed E-state index contributed by atoms with van der Waals surface area (Å²) >= 11 is 11.9. The lowest BCUT2D eigenvalue weighted by molar-refractivity contribution is -0.116. The van der Waals surface area contributed by atoms with Gasteiger partial charge in [-0.1, -0.05) is 23.2 Å². The van der Waals surface area contributed by atoms with Crippen LogP contribution in [0.5, 0.6) is 5.75 Å². The number of anilines is 1. The molecule has 0 aliphatic carbocycles. The Morgan fingerprint density at radius 3 is 2.43 bits per heavy atom. The van der Waals surface area contributed by atoms with Crippen molar-refractivity contribution >= 4 is 44.8 Å². The number of benzene rings is 2. The van der Waals surface area contributed by atoms with Gasteiger partial charge in [-0.15, -0.1) is 0 Å². The number of aryl methyl sites for hydroxylation is 1. The number of methoxy groups -OCH3 is 1. The maximum absolute atomic E-state index is 12.9. The first-order chi connectivity index (χ1) is 14.3. The summed E-state index contributed by atoms with van der Waals surface area (Å²) in [5.74, 6) is 0.270. The van der Waals surface area contributed by atoms with Crippen LogP contribution in [-0.2, 0) is 26.0 Å². The summed E-state index contributed by atoms with van der Waals surface area (Å²) in [7, 11) is -2.14. The molecule has 1 N–H and O–H groups in total. The molecule has 0 radical (unpaired) electrons. The predicted molar refractivity (Wildman–Crippen MR) is 116 cm³/mol. The van der Waals surface area contributed by atoms with Crippen LogP contribution in [0.3, 0.4) is 0 Å². The first kappa shape index (κ1) is 22.8. The zero-order valence-corrected chi connectivity index (χ0v) is 18.7. The lowest BCUT2D eigenvalue weighted by atomic mass is 10.1. The maximum atomic E-state index is 12.9. The fraction of sp³-hybridized carbons (Fsp3) is 0.350. The SMILES string of the molecule is COc1ccc(S(=O)(=O)N2CCOCC2)cc1CCC(=O)Nc1cc(Cl)cc(Cl)c1. The number of rotatable bonds is 7. The van der Waals surface area contributed by atoms with Crippen LogP contribution in [0.2, 0.25) is 10.0 Å². The van der Waals surface area contributed by atoms with Crippen LogP contribution in [0.1, 0.15) is 12.0 Å². The second-order valence-electron chi connectivity index (χ2n) is 6.70. The van der Waals surface area contributed by atoms with Gasteiger partial charge in [-0.05, 0) is 48.4 Å². The number of nitrogens with zero attached hydrogens (tertiary/aromatic N) is 1. The minimum Gasteiger partial charge on any atom is -0.496 e. The van der Waals surface area contributed by atoms with E-state index in [1.54, 1.807) is 30.3 Å². The second kappa shape index (κ2) is 9.98. The number of halogens is 2. The summed E-state index contributed by atoms with van der Waals surface area (Å²) in [5.41, 5.74) is 1.12. The summed E-state index contributed by atoms with van der Waals surface area (Å²) in [5, 5.41) is 3.57. The van der Waals surface area contributed by atoms with E-state index in [0.717, 1.165) is 0 Å². The van der Waals surface area contributed by atoms with Crippen LogP contribution in [0, 0.1) is 0 Å². The van der Waals surface area contributed by atoms with Gasteiger partial charge >= 0.3 is 0 Å². The van der Waals surface area contributed by atoms with E-state index >= 15 is 0 Å². The molecule has 1 fully saturated rings. The van der Waals surface area contributed by atoms with Gasteiger partial charge in [0.1, 0.15) is 5.75 Å². The lowest BCUT2D eigenvalue weighted by Crippen LogP contribution is -2.40. The van der Waals surface area contributed by atoms with E-state index in [2.05, 4.69) is 5.32 Å². The molecular formula is C20H22Cl2N2O5S. The molecule has 162 valence electrons. The molecule has 2 aromatic rings. The van der Waals surface area contributed by atoms with Crippen LogP contribution >= 0.6 is 23.2 Å². The molecule has 1 aliphatic heterocycles. The normalized spacial score (nSPS) is 15.0.